The molecule has 0 rings (SSSR count). The second-order valence-corrected chi connectivity index (χ2v) is 5.23. The lowest BCUT2D eigenvalue weighted by Gasteiger charge is -2.16. The SMILES string of the molecule is CCCCCCCCCC(CCOCC(F)(F)F)NN. The van der Waals surface area contributed by atoms with Crippen molar-refractivity contribution < 1.29 is 17.9 Å². The fraction of sp³-hybridized carbons (Fsp3) is 1.00. The molecule has 0 aromatic carbocycles. The van der Waals surface area contributed by atoms with Gasteiger partial charge in [-0.1, -0.05) is 51.9 Å². The van der Waals surface area contributed by atoms with E-state index in [-0.39, 0.29) is 12.6 Å². The summed E-state index contributed by atoms with van der Waals surface area (Å²) in [5.74, 6) is 5.39. The minimum Gasteiger partial charge on any atom is -0.372 e. The maximum Gasteiger partial charge on any atom is 0.411 e. The van der Waals surface area contributed by atoms with Gasteiger partial charge in [0, 0.05) is 12.6 Å². The predicted molar refractivity (Wildman–Crippen MR) is 75.2 cm³/mol. The Morgan fingerprint density at radius 2 is 1.60 bits per heavy atom. The molecule has 1 atom stereocenters. The molecule has 0 saturated heterocycles. The average Bonchev–Trinajstić information content (AvgIpc) is 2.39. The van der Waals surface area contributed by atoms with Gasteiger partial charge in [0.2, 0.25) is 0 Å². The molecule has 0 saturated carbocycles. The molecule has 3 nitrogen and oxygen atoms in total. The van der Waals surface area contributed by atoms with Crippen molar-refractivity contribution in [3.05, 3.63) is 0 Å². The van der Waals surface area contributed by atoms with Gasteiger partial charge in [0.25, 0.3) is 0 Å². The normalized spacial score (nSPS) is 13.7. The second kappa shape index (κ2) is 12.4. The van der Waals surface area contributed by atoms with E-state index in [0.717, 1.165) is 19.3 Å². The zero-order valence-corrected chi connectivity index (χ0v) is 12.5. The third-order valence-electron chi connectivity index (χ3n) is 3.27. The van der Waals surface area contributed by atoms with Gasteiger partial charge in [-0.25, -0.2) is 0 Å². The summed E-state index contributed by atoms with van der Waals surface area (Å²) in [5.41, 5.74) is 2.65. The smallest absolute Gasteiger partial charge is 0.372 e. The van der Waals surface area contributed by atoms with Gasteiger partial charge in [0.15, 0.2) is 0 Å². The first-order valence-corrected chi connectivity index (χ1v) is 7.60. The van der Waals surface area contributed by atoms with E-state index in [4.69, 9.17) is 5.84 Å². The Kier molecular flexibility index (Phi) is 12.2. The van der Waals surface area contributed by atoms with Crippen LogP contribution < -0.4 is 11.3 Å². The maximum atomic E-state index is 11.9. The topological polar surface area (TPSA) is 47.3 Å². The molecule has 6 heteroatoms. The van der Waals surface area contributed by atoms with Crippen LogP contribution in [0, 0.1) is 0 Å². The molecule has 0 aliphatic carbocycles. The minimum absolute atomic E-state index is 0.0406. The maximum absolute atomic E-state index is 11.9. The fourth-order valence-electron chi connectivity index (χ4n) is 2.07. The number of rotatable bonds is 13. The van der Waals surface area contributed by atoms with E-state index in [1.807, 2.05) is 0 Å². The van der Waals surface area contributed by atoms with Crippen LogP contribution in [0.2, 0.25) is 0 Å². The highest BCUT2D eigenvalue weighted by Crippen LogP contribution is 2.15. The van der Waals surface area contributed by atoms with Crippen LogP contribution >= 0.6 is 0 Å². The molecule has 3 N–H and O–H groups in total. The first-order valence-electron chi connectivity index (χ1n) is 7.60. The molecule has 0 aromatic heterocycles. The van der Waals surface area contributed by atoms with Crippen molar-refractivity contribution in [3.63, 3.8) is 0 Å². The summed E-state index contributed by atoms with van der Waals surface area (Å²) in [7, 11) is 0. The Labute approximate surface area is 120 Å². The van der Waals surface area contributed by atoms with Crippen LogP contribution in [0.25, 0.3) is 0 Å². The van der Waals surface area contributed by atoms with Gasteiger partial charge < -0.3 is 4.74 Å². The molecule has 0 aromatic rings. The van der Waals surface area contributed by atoms with E-state index >= 15 is 0 Å². The second-order valence-electron chi connectivity index (χ2n) is 5.23. The van der Waals surface area contributed by atoms with E-state index in [1.165, 1.54) is 32.1 Å². The molecular formula is C14H29F3N2O. The van der Waals surface area contributed by atoms with Crippen LogP contribution in [0.5, 0.6) is 0 Å². The van der Waals surface area contributed by atoms with Crippen molar-refractivity contribution in [2.75, 3.05) is 13.2 Å². The summed E-state index contributed by atoms with van der Waals surface area (Å²) in [6.07, 6.45) is 5.70. The molecule has 20 heavy (non-hydrogen) atoms. The van der Waals surface area contributed by atoms with Crippen molar-refractivity contribution in [2.45, 2.75) is 76.9 Å². The number of unbranched alkanes of at least 4 members (excludes halogenated alkanes) is 6. The molecule has 0 fully saturated rings. The van der Waals surface area contributed by atoms with Crippen LogP contribution in [-0.4, -0.2) is 25.4 Å². The molecule has 0 bridgehead atoms. The number of alkyl halides is 3. The van der Waals surface area contributed by atoms with Crippen LogP contribution in [0.4, 0.5) is 13.2 Å². The Bertz CT molecular complexity index is 213. The van der Waals surface area contributed by atoms with Crippen molar-refractivity contribution >= 4 is 0 Å². The van der Waals surface area contributed by atoms with Crippen molar-refractivity contribution in [2.24, 2.45) is 5.84 Å². The molecule has 0 aliphatic rings. The van der Waals surface area contributed by atoms with Crippen LogP contribution in [-0.2, 0) is 4.74 Å². The average molecular weight is 298 g/mol. The summed E-state index contributed by atoms with van der Waals surface area (Å²) >= 11 is 0. The summed E-state index contributed by atoms with van der Waals surface area (Å²) in [6, 6.07) is 0.0406. The largest absolute Gasteiger partial charge is 0.411 e. The van der Waals surface area contributed by atoms with E-state index in [0.29, 0.717) is 6.42 Å². The first-order chi connectivity index (χ1) is 9.49. The highest BCUT2D eigenvalue weighted by Gasteiger charge is 2.27. The minimum atomic E-state index is -4.25. The highest BCUT2D eigenvalue weighted by atomic mass is 19.4. The zero-order chi connectivity index (χ0) is 15.3. The standard InChI is InChI=1S/C14H29F3N2O/c1-2-3-4-5-6-7-8-9-13(19-18)10-11-20-12-14(15,16)17/h13,19H,2-12,18H2,1H3. The lowest BCUT2D eigenvalue weighted by atomic mass is 10.0. The molecule has 0 amide bonds. The number of halogens is 3. The number of hydrogen-bond donors (Lipinski definition) is 2. The third kappa shape index (κ3) is 14.1. The molecule has 0 aliphatic heterocycles. The van der Waals surface area contributed by atoms with Crippen LogP contribution in [0.1, 0.15) is 64.7 Å². The summed E-state index contributed by atoms with van der Waals surface area (Å²) in [4.78, 5) is 0. The van der Waals surface area contributed by atoms with Crippen LogP contribution in [0.15, 0.2) is 0 Å². The monoisotopic (exact) mass is 298 g/mol. The number of nitrogens with one attached hydrogen (secondary N) is 1. The molecular weight excluding hydrogens is 269 g/mol. The lowest BCUT2D eigenvalue weighted by molar-refractivity contribution is -0.174. The molecule has 0 radical (unpaired) electrons. The Morgan fingerprint density at radius 1 is 1.00 bits per heavy atom. The van der Waals surface area contributed by atoms with Gasteiger partial charge in [-0.2, -0.15) is 13.2 Å². The van der Waals surface area contributed by atoms with Gasteiger partial charge >= 0.3 is 6.18 Å². The van der Waals surface area contributed by atoms with E-state index < -0.39 is 12.8 Å². The Balaban J connectivity index is 3.43. The van der Waals surface area contributed by atoms with E-state index in [2.05, 4.69) is 17.1 Å². The molecule has 1 unspecified atom stereocenters. The fourth-order valence-corrected chi connectivity index (χ4v) is 2.07. The zero-order valence-electron chi connectivity index (χ0n) is 12.5. The predicted octanol–water partition coefficient (Wildman–Crippen LogP) is 3.93. The van der Waals surface area contributed by atoms with E-state index in [1.54, 1.807) is 0 Å². The van der Waals surface area contributed by atoms with Gasteiger partial charge in [-0.3, -0.25) is 11.3 Å². The lowest BCUT2D eigenvalue weighted by Crippen LogP contribution is -2.36. The third-order valence-corrected chi connectivity index (χ3v) is 3.27. The quantitative estimate of drug-likeness (QED) is 0.308. The first kappa shape index (κ1) is 19.7. The van der Waals surface area contributed by atoms with Gasteiger partial charge in [-0.15, -0.1) is 0 Å². The number of nitrogens with two attached hydrogens (primary N) is 1. The number of hydrazine groups is 1. The Morgan fingerprint density at radius 3 is 2.15 bits per heavy atom. The van der Waals surface area contributed by atoms with Crippen LogP contribution in [0.3, 0.4) is 0 Å². The Hall–Kier alpha value is -0.330. The van der Waals surface area contributed by atoms with Crippen molar-refractivity contribution in [3.8, 4) is 0 Å². The van der Waals surface area contributed by atoms with Gasteiger partial charge in [0.05, 0.1) is 0 Å². The molecule has 0 heterocycles. The van der Waals surface area contributed by atoms with Gasteiger partial charge in [-0.05, 0) is 12.8 Å². The van der Waals surface area contributed by atoms with E-state index in [9.17, 15) is 13.2 Å². The number of hydrogen-bond acceptors (Lipinski definition) is 3. The summed E-state index contributed by atoms with van der Waals surface area (Å²) < 4.78 is 40.2. The number of ether oxygens (including phenoxy) is 1. The molecule has 0 spiro atoms. The summed E-state index contributed by atoms with van der Waals surface area (Å²) in [5, 5.41) is 0. The summed E-state index contributed by atoms with van der Waals surface area (Å²) in [6.45, 7) is 1.10. The van der Waals surface area contributed by atoms with Gasteiger partial charge in [0.1, 0.15) is 6.61 Å². The molecule has 122 valence electrons. The highest BCUT2D eigenvalue weighted by molar-refractivity contribution is 4.63. The van der Waals surface area contributed by atoms with Crippen molar-refractivity contribution in [1.29, 1.82) is 0 Å². The van der Waals surface area contributed by atoms with Crippen molar-refractivity contribution in [1.82, 2.24) is 5.43 Å².